The lowest BCUT2D eigenvalue weighted by Crippen LogP contribution is -2.64. The number of amides is 3. The number of hydrogen-bond donors (Lipinski definition) is 5. The third-order valence-electron chi connectivity index (χ3n) is 9.97. The number of nitrogens with two attached hydrogens (primary N) is 1. The molecule has 12 heteroatoms. The van der Waals surface area contributed by atoms with Gasteiger partial charge in [-0.3, -0.25) is 34.6 Å². The van der Waals surface area contributed by atoms with Crippen molar-refractivity contribution in [1.82, 2.24) is 20.9 Å². The number of hydrogen-bond acceptors (Lipinski definition) is 9. The summed E-state index contributed by atoms with van der Waals surface area (Å²) in [6, 6.07) is -3.71. The van der Waals surface area contributed by atoms with Crippen LogP contribution in [0.3, 0.4) is 0 Å². The highest BCUT2D eigenvalue weighted by Gasteiger charge is 2.48. The molecule has 12 nitrogen and oxygen atoms in total. The predicted octanol–water partition coefficient (Wildman–Crippen LogP) is 2.36. The van der Waals surface area contributed by atoms with Gasteiger partial charge in [0, 0.05) is 6.54 Å². The fraction of sp³-hybridized carbons (Fsp3) is 0.853. The predicted molar refractivity (Wildman–Crippen MR) is 174 cm³/mol. The number of carbonyl (C=O) groups is 5. The summed E-state index contributed by atoms with van der Waals surface area (Å²) in [6.07, 6.45) is 5.90. The first-order chi connectivity index (χ1) is 21.3. The first kappa shape index (κ1) is 37.9. The zero-order valence-electron chi connectivity index (χ0n) is 29.2. The van der Waals surface area contributed by atoms with Crippen molar-refractivity contribution in [3.63, 3.8) is 0 Å². The molecule has 1 saturated heterocycles. The molecule has 0 aromatic rings. The molecule has 0 aromatic carbocycles. The minimum absolute atomic E-state index is 0.0530. The average Bonchev–Trinajstić information content (AvgIpc) is 3.59. The Bertz CT molecular complexity index is 1100. The molecule has 46 heavy (non-hydrogen) atoms. The monoisotopic (exact) mass is 649 g/mol. The van der Waals surface area contributed by atoms with Crippen LogP contribution in [0.5, 0.6) is 0 Å². The molecule has 3 fully saturated rings. The number of Topliss-reactive ketones (excluding diaryl/α,β-unsaturated/α-hetero) is 1. The van der Waals surface area contributed by atoms with Crippen molar-refractivity contribution in [1.29, 1.82) is 0 Å². The zero-order valence-corrected chi connectivity index (χ0v) is 29.2. The SMILES string of the molecule is CC(C)[C@H]1CCN(C(=O)[C@@H](NC(O)N[C@H](C(=O)OC2CCCC2)C(C)(C)C)C(C)(C)C)[C@@H]1C(=O)NC(CC1CCC1)C(=O)C(N)=O. The lowest BCUT2D eigenvalue weighted by Gasteiger charge is -2.39. The van der Waals surface area contributed by atoms with Crippen molar-refractivity contribution in [3.05, 3.63) is 0 Å². The summed E-state index contributed by atoms with van der Waals surface area (Å²) in [7, 11) is 0. The molecule has 0 radical (unpaired) electrons. The number of ether oxygens (including phenoxy) is 1. The molecule has 0 aromatic heterocycles. The van der Waals surface area contributed by atoms with Crippen LogP contribution in [0, 0.1) is 28.6 Å². The molecule has 2 unspecified atom stereocenters. The molecular formula is C34H59N5O7. The zero-order chi connectivity index (χ0) is 34.6. The van der Waals surface area contributed by atoms with Gasteiger partial charge >= 0.3 is 5.97 Å². The summed E-state index contributed by atoms with van der Waals surface area (Å²) in [5.41, 5.74) is 4.04. The Hall–Kier alpha value is -2.57. The van der Waals surface area contributed by atoms with Crippen LogP contribution in [-0.2, 0) is 28.7 Å². The van der Waals surface area contributed by atoms with Crippen LogP contribution in [0.2, 0.25) is 0 Å². The number of aliphatic hydroxyl groups is 1. The number of nitrogens with one attached hydrogen (secondary N) is 3. The molecule has 3 rings (SSSR count). The molecule has 2 aliphatic carbocycles. The second-order valence-corrected chi connectivity index (χ2v) is 16.2. The number of ketones is 1. The second-order valence-electron chi connectivity index (χ2n) is 16.2. The Morgan fingerprint density at radius 3 is 1.91 bits per heavy atom. The van der Waals surface area contributed by atoms with Crippen LogP contribution in [-0.4, -0.2) is 82.6 Å². The maximum atomic E-state index is 14.3. The van der Waals surface area contributed by atoms with Gasteiger partial charge in [-0.2, -0.15) is 0 Å². The van der Waals surface area contributed by atoms with Crippen molar-refractivity contribution in [2.75, 3.05) is 6.54 Å². The highest BCUT2D eigenvalue weighted by Crippen LogP contribution is 2.35. The second kappa shape index (κ2) is 15.6. The Balaban J connectivity index is 1.81. The van der Waals surface area contributed by atoms with Crippen LogP contribution < -0.4 is 21.7 Å². The minimum Gasteiger partial charge on any atom is -0.461 e. The molecule has 262 valence electrons. The van der Waals surface area contributed by atoms with E-state index in [1.54, 1.807) is 0 Å². The molecule has 6 atom stereocenters. The maximum absolute atomic E-state index is 14.3. The average molecular weight is 650 g/mol. The number of rotatable bonds is 14. The summed E-state index contributed by atoms with van der Waals surface area (Å²) in [5, 5.41) is 20.0. The van der Waals surface area contributed by atoms with Gasteiger partial charge in [0.1, 0.15) is 18.2 Å². The number of aliphatic hydroxyl groups excluding tert-OH is 1. The first-order valence-corrected chi connectivity index (χ1v) is 17.2. The van der Waals surface area contributed by atoms with Gasteiger partial charge in [-0.25, -0.2) is 0 Å². The van der Waals surface area contributed by atoms with E-state index in [4.69, 9.17) is 10.5 Å². The lowest BCUT2D eigenvalue weighted by molar-refractivity contribution is -0.156. The van der Waals surface area contributed by atoms with Gasteiger partial charge in [0.2, 0.25) is 17.6 Å². The van der Waals surface area contributed by atoms with Crippen LogP contribution >= 0.6 is 0 Å². The fourth-order valence-electron chi connectivity index (χ4n) is 6.95. The molecular weight excluding hydrogens is 590 g/mol. The summed E-state index contributed by atoms with van der Waals surface area (Å²) in [6.45, 7) is 15.5. The Morgan fingerprint density at radius 2 is 1.43 bits per heavy atom. The van der Waals surface area contributed by atoms with Gasteiger partial charge in [-0.05, 0) is 67.1 Å². The van der Waals surface area contributed by atoms with Gasteiger partial charge in [0.15, 0.2) is 6.35 Å². The molecule has 6 N–H and O–H groups in total. The van der Waals surface area contributed by atoms with Crippen molar-refractivity contribution in [2.45, 2.75) is 150 Å². The topological polar surface area (TPSA) is 180 Å². The van der Waals surface area contributed by atoms with Crippen LogP contribution in [0.4, 0.5) is 0 Å². The summed E-state index contributed by atoms with van der Waals surface area (Å²) in [5.74, 6) is -3.15. The fourth-order valence-corrected chi connectivity index (χ4v) is 6.95. The van der Waals surface area contributed by atoms with Crippen molar-refractivity contribution < 1.29 is 33.8 Å². The lowest BCUT2D eigenvalue weighted by atomic mass is 9.80. The van der Waals surface area contributed by atoms with E-state index in [2.05, 4.69) is 16.0 Å². The van der Waals surface area contributed by atoms with E-state index in [1.165, 1.54) is 4.90 Å². The van der Waals surface area contributed by atoms with E-state index in [1.807, 2.05) is 55.4 Å². The van der Waals surface area contributed by atoms with E-state index in [9.17, 15) is 29.1 Å². The van der Waals surface area contributed by atoms with Gasteiger partial charge in [-0.15, -0.1) is 0 Å². The summed E-state index contributed by atoms with van der Waals surface area (Å²) < 4.78 is 5.76. The number of esters is 1. The van der Waals surface area contributed by atoms with Crippen LogP contribution in [0.1, 0.15) is 113 Å². The molecule has 3 aliphatic rings. The van der Waals surface area contributed by atoms with Gasteiger partial charge in [0.25, 0.3) is 5.91 Å². The van der Waals surface area contributed by atoms with E-state index in [0.717, 1.165) is 44.9 Å². The summed E-state index contributed by atoms with van der Waals surface area (Å²) >= 11 is 0. The number of nitrogens with zero attached hydrogens (tertiary/aromatic N) is 1. The molecule has 0 bridgehead atoms. The molecule has 3 amide bonds. The largest absolute Gasteiger partial charge is 0.461 e. The van der Waals surface area contributed by atoms with E-state index < -0.39 is 64.9 Å². The number of likely N-dealkylation sites (tertiary alicyclic amines) is 1. The minimum atomic E-state index is -1.44. The van der Waals surface area contributed by atoms with Gasteiger partial charge in [0.05, 0.1) is 12.1 Å². The quantitative estimate of drug-likeness (QED) is 0.107. The van der Waals surface area contributed by atoms with E-state index in [-0.39, 0.29) is 29.8 Å². The van der Waals surface area contributed by atoms with Crippen molar-refractivity contribution >= 4 is 29.5 Å². The standard InChI is InChI=1S/C34H59N5O7/c1-19(2)22-16-17-39(24(22)29(42)36-23(25(40)28(35)41)18-20-12-11-13-20)30(43)26(33(3,4)5)37-32(45)38-27(34(6,7)8)31(44)46-21-14-9-10-15-21/h19-24,26-27,32,37-38,45H,9-18H2,1-8H3,(H2,35,41)(H,36,42)/t22-,23?,24+,26-,27-,32?/m1/s1. The summed E-state index contributed by atoms with van der Waals surface area (Å²) in [4.78, 5) is 67.5. The van der Waals surface area contributed by atoms with Gasteiger partial charge < -0.3 is 25.8 Å². The third kappa shape index (κ3) is 9.73. The Morgan fingerprint density at radius 1 is 0.870 bits per heavy atom. The molecule has 0 spiro atoms. The highest BCUT2D eigenvalue weighted by molar-refractivity contribution is 6.37. The third-order valence-corrected chi connectivity index (χ3v) is 9.97. The normalized spacial score (nSPS) is 23.8. The number of carbonyl (C=O) groups excluding carboxylic acids is 5. The number of primary amides is 1. The maximum Gasteiger partial charge on any atom is 0.324 e. The first-order valence-electron chi connectivity index (χ1n) is 17.2. The molecule has 1 aliphatic heterocycles. The Kier molecular flexibility index (Phi) is 12.8. The molecule has 2 saturated carbocycles. The van der Waals surface area contributed by atoms with Crippen LogP contribution in [0.15, 0.2) is 0 Å². The van der Waals surface area contributed by atoms with Crippen molar-refractivity contribution in [2.24, 2.45) is 34.3 Å². The van der Waals surface area contributed by atoms with Gasteiger partial charge in [-0.1, -0.05) is 74.7 Å². The van der Waals surface area contributed by atoms with E-state index >= 15 is 0 Å². The van der Waals surface area contributed by atoms with Crippen LogP contribution in [0.25, 0.3) is 0 Å². The van der Waals surface area contributed by atoms with E-state index in [0.29, 0.717) is 19.4 Å². The highest BCUT2D eigenvalue weighted by atomic mass is 16.5. The smallest absolute Gasteiger partial charge is 0.324 e. The van der Waals surface area contributed by atoms with Crippen molar-refractivity contribution in [3.8, 4) is 0 Å². The Labute approximate surface area is 274 Å². The molecule has 1 heterocycles.